The van der Waals surface area contributed by atoms with E-state index in [1.807, 2.05) is 0 Å². The summed E-state index contributed by atoms with van der Waals surface area (Å²) in [6, 6.07) is 0. The molecule has 0 fully saturated rings. The predicted molar refractivity (Wildman–Crippen MR) is 39.4 cm³/mol. The van der Waals surface area contributed by atoms with Crippen LogP contribution in [0.25, 0.3) is 0 Å². The molecule has 0 atom stereocenters. The van der Waals surface area contributed by atoms with Crippen LogP contribution in [0.3, 0.4) is 0 Å². The Hall–Kier alpha value is 0.168. The summed E-state index contributed by atoms with van der Waals surface area (Å²) in [6.07, 6.45) is 7.98. The molecule has 1 aliphatic rings. The van der Waals surface area contributed by atoms with Gasteiger partial charge in [0.25, 0.3) is 0 Å². The molecule has 9 heavy (non-hydrogen) atoms. The molecular weight excluding hydrogens is 291 g/mol. The van der Waals surface area contributed by atoms with Gasteiger partial charge in [0.2, 0.25) is 0 Å². The van der Waals surface area contributed by atoms with Gasteiger partial charge in [-0.05, 0) is 0 Å². The summed E-state index contributed by atoms with van der Waals surface area (Å²) in [5, 5.41) is 7.31. The Balaban J connectivity index is 2.66. The van der Waals surface area contributed by atoms with Crippen molar-refractivity contribution in [2.24, 2.45) is 0 Å². The fourth-order valence-electron chi connectivity index (χ4n) is 0.760. The SMILES string of the molecule is [CH3][Pt]([CH3])([CH3])[C]1=CC=CC1. The van der Waals surface area contributed by atoms with E-state index in [2.05, 4.69) is 34.2 Å². The van der Waals surface area contributed by atoms with E-state index in [-0.39, 0.29) is 0 Å². The first-order chi connectivity index (χ1) is 4.11. The molecule has 0 aromatic heterocycles. The molecule has 56 valence electrons. The number of hydrogen-bond donors (Lipinski definition) is 0. The number of hydrogen-bond acceptors (Lipinski definition) is 0. The number of rotatable bonds is 1. The van der Waals surface area contributed by atoms with Crippen molar-refractivity contribution in [2.45, 2.75) is 22.4 Å². The Kier molecular flexibility index (Phi) is 1.96. The molecule has 0 aliphatic heterocycles. The minimum atomic E-state index is -1.32. The van der Waals surface area contributed by atoms with Crippen LogP contribution < -0.4 is 0 Å². The maximum absolute atomic E-state index is 2.44. The van der Waals surface area contributed by atoms with Gasteiger partial charge in [-0.1, -0.05) is 0 Å². The Bertz CT molecular complexity index is 158. The second-order valence-electron chi connectivity index (χ2n) is 2.63. The van der Waals surface area contributed by atoms with Gasteiger partial charge in [0.15, 0.2) is 0 Å². The molecule has 0 amide bonds. The van der Waals surface area contributed by atoms with Gasteiger partial charge in [0.05, 0.1) is 0 Å². The van der Waals surface area contributed by atoms with Crippen LogP contribution in [0, 0.1) is 0 Å². The molecule has 0 aromatic carbocycles. The third-order valence-corrected chi connectivity index (χ3v) is 6.53. The molecule has 0 unspecified atom stereocenters. The average molecular weight is 305 g/mol. The summed E-state index contributed by atoms with van der Waals surface area (Å²) in [6.45, 7) is 0. The van der Waals surface area contributed by atoms with Crippen molar-refractivity contribution in [2.75, 3.05) is 0 Å². The van der Waals surface area contributed by atoms with E-state index in [0.717, 1.165) is 0 Å². The van der Waals surface area contributed by atoms with Gasteiger partial charge in [-0.2, -0.15) is 0 Å². The van der Waals surface area contributed by atoms with Gasteiger partial charge >= 0.3 is 60.6 Å². The summed E-state index contributed by atoms with van der Waals surface area (Å²) in [5.41, 5.74) is 0. The van der Waals surface area contributed by atoms with Crippen molar-refractivity contribution in [3.05, 3.63) is 22.2 Å². The molecular formula is C8H14Pt. The summed E-state index contributed by atoms with van der Waals surface area (Å²) < 4.78 is 1.72. The van der Waals surface area contributed by atoms with Gasteiger partial charge in [-0.3, -0.25) is 0 Å². The van der Waals surface area contributed by atoms with Gasteiger partial charge in [0, 0.05) is 0 Å². The monoisotopic (exact) mass is 305 g/mol. The first-order valence-corrected chi connectivity index (χ1v) is 10.8. The summed E-state index contributed by atoms with van der Waals surface area (Å²) in [4.78, 5) is 0. The topological polar surface area (TPSA) is 0 Å². The number of allylic oxidation sites excluding steroid dienone is 4. The van der Waals surface area contributed by atoms with Gasteiger partial charge in [-0.25, -0.2) is 0 Å². The van der Waals surface area contributed by atoms with E-state index in [0.29, 0.717) is 0 Å². The molecule has 0 spiro atoms. The molecule has 0 aromatic rings. The zero-order valence-corrected chi connectivity index (χ0v) is 8.53. The van der Waals surface area contributed by atoms with Crippen LogP contribution in [0.2, 0.25) is 15.9 Å². The van der Waals surface area contributed by atoms with Crippen LogP contribution in [0.4, 0.5) is 0 Å². The van der Waals surface area contributed by atoms with Crippen molar-refractivity contribution in [3.63, 3.8) is 0 Å². The summed E-state index contributed by atoms with van der Waals surface area (Å²) in [5.74, 6) is 0. The minimum absolute atomic E-state index is 1.24. The van der Waals surface area contributed by atoms with Gasteiger partial charge < -0.3 is 0 Å². The van der Waals surface area contributed by atoms with E-state index in [1.165, 1.54) is 6.42 Å². The van der Waals surface area contributed by atoms with E-state index >= 15 is 0 Å². The fourth-order valence-corrected chi connectivity index (χ4v) is 3.77. The zero-order valence-electron chi connectivity index (χ0n) is 6.26. The average Bonchev–Trinajstić information content (AvgIpc) is 2.08. The molecule has 0 nitrogen and oxygen atoms in total. The van der Waals surface area contributed by atoms with Crippen molar-refractivity contribution < 1.29 is 16.1 Å². The van der Waals surface area contributed by atoms with Crippen LogP contribution >= 0.6 is 0 Å². The van der Waals surface area contributed by atoms with E-state index in [1.54, 1.807) is 3.96 Å². The summed E-state index contributed by atoms with van der Waals surface area (Å²) >= 11 is -1.32. The van der Waals surface area contributed by atoms with Gasteiger partial charge in [-0.15, -0.1) is 0 Å². The second kappa shape index (κ2) is 2.42. The maximum atomic E-state index is 2.44. The molecule has 0 N–H and O–H groups in total. The second-order valence-corrected chi connectivity index (χ2v) is 14.3. The van der Waals surface area contributed by atoms with Crippen molar-refractivity contribution in [1.82, 2.24) is 0 Å². The van der Waals surface area contributed by atoms with Crippen LogP contribution in [-0.2, 0) is 16.1 Å². The first-order valence-electron chi connectivity index (χ1n) is 2.82. The van der Waals surface area contributed by atoms with E-state index < -0.39 is 16.1 Å². The van der Waals surface area contributed by atoms with E-state index in [9.17, 15) is 0 Å². The molecule has 0 saturated heterocycles. The normalized spacial score (nSPS) is 20.1. The standard InChI is InChI=1S/C5H5.3CH3.Pt/c1-2-4-5-3-1;;;;/h1-3H,4H2;3*1H3;. The van der Waals surface area contributed by atoms with E-state index in [4.69, 9.17) is 0 Å². The fraction of sp³-hybridized carbons (Fsp3) is 0.500. The molecule has 0 heterocycles. The molecule has 0 bridgehead atoms. The van der Waals surface area contributed by atoms with Crippen molar-refractivity contribution in [1.29, 1.82) is 0 Å². The zero-order chi connectivity index (χ0) is 6.91. The Morgan fingerprint density at radius 3 is 2.22 bits per heavy atom. The summed E-state index contributed by atoms with van der Waals surface area (Å²) in [7, 11) is 0. The van der Waals surface area contributed by atoms with Crippen molar-refractivity contribution >= 4 is 0 Å². The predicted octanol–water partition coefficient (Wildman–Crippen LogP) is 3.13. The van der Waals surface area contributed by atoms with Gasteiger partial charge in [0.1, 0.15) is 0 Å². The Labute approximate surface area is 60.9 Å². The molecule has 1 aliphatic carbocycles. The molecule has 0 radical (unpaired) electrons. The van der Waals surface area contributed by atoms with Crippen LogP contribution in [0.15, 0.2) is 22.2 Å². The molecule has 1 heteroatoms. The van der Waals surface area contributed by atoms with Crippen molar-refractivity contribution in [3.8, 4) is 0 Å². The molecule has 0 saturated carbocycles. The third kappa shape index (κ3) is 1.79. The Morgan fingerprint density at radius 1 is 1.33 bits per heavy atom. The van der Waals surface area contributed by atoms with Crippen LogP contribution in [-0.4, -0.2) is 0 Å². The molecule has 1 rings (SSSR count). The quantitative estimate of drug-likeness (QED) is 0.698. The Morgan fingerprint density at radius 2 is 2.00 bits per heavy atom. The van der Waals surface area contributed by atoms with Crippen LogP contribution in [0.5, 0.6) is 0 Å². The third-order valence-electron chi connectivity index (χ3n) is 1.31. The first kappa shape index (κ1) is 7.28. The van der Waals surface area contributed by atoms with Crippen LogP contribution in [0.1, 0.15) is 6.42 Å².